The van der Waals surface area contributed by atoms with Gasteiger partial charge in [-0.25, -0.2) is 19.9 Å². The van der Waals surface area contributed by atoms with Crippen molar-refractivity contribution in [1.82, 2.24) is 24.3 Å². The third-order valence-corrected chi connectivity index (χ3v) is 6.03. The van der Waals surface area contributed by atoms with Gasteiger partial charge >= 0.3 is 0 Å². The Morgan fingerprint density at radius 2 is 1.90 bits per heavy atom. The van der Waals surface area contributed by atoms with E-state index in [1.165, 1.54) is 0 Å². The molecular weight excluding hydrogens is 388 g/mol. The van der Waals surface area contributed by atoms with E-state index in [1.807, 2.05) is 60.2 Å². The van der Waals surface area contributed by atoms with Gasteiger partial charge in [0.05, 0.1) is 28.8 Å². The number of fused-ring (bicyclic) bond motifs is 1. The van der Waals surface area contributed by atoms with E-state index in [0.717, 1.165) is 59.8 Å². The molecule has 5 rings (SSSR count). The molecule has 4 aromatic rings. The lowest BCUT2D eigenvalue weighted by Gasteiger charge is -2.34. The second-order valence-corrected chi connectivity index (χ2v) is 8.35. The van der Waals surface area contributed by atoms with Gasteiger partial charge in [-0.2, -0.15) is 0 Å². The molecular formula is C23H26N8. The smallest absolute Gasteiger partial charge is 0.148 e. The molecule has 4 heterocycles. The van der Waals surface area contributed by atoms with Crippen molar-refractivity contribution in [2.45, 2.75) is 44.2 Å². The van der Waals surface area contributed by atoms with Gasteiger partial charge < -0.3 is 16.8 Å². The van der Waals surface area contributed by atoms with E-state index in [9.17, 15) is 0 Å². The van der Waals surface area contributed by atoms with Gasteiger partial charge in [0.15, 0.2) is 0 Å². The zero-order valence-electron chi connectivity index (χ0n) is 17.5. The summed E-state index contributed by atoms with van der Waals surface area (Å²) in [5, 5.41) is 3.33. The van der Waals surface area contributed by atoms with Crippen LogP contribution in [0.4, 0.5) is 11.5 Å². The Labute approximate surface area is 180 Å². The van der Waals surface area contributed by atoms with E-state index in [4.69, 9.17) is 16.5 Å². The van der Waals surface area contributed by atoms with Crippen LogP contribution in [0.3, 0.4) is 0 Å². The first kappa shape index (κ1) is 19.6. The van der Waals surface area contributed by atoms with E-state index in [-0.39, 0.29) is 6.04 Å². The molecule has 0 spiro atoms. The van der Waals surface area contributed by atoms with E-state index < -0.39 is 5.54 Å². The third kappa shape index (κ3) is 3.75. The van der Waals surface area contributed by atoms with Crippen LogP contribution >= 0.6 is 0 Å². The lowest BCUT2D eigenvalue weighted by Crippen LogP contribution is -2.45. The number of aryl methyl sites for hydroxylation is 1. The molecule has 8 heteroatoms. The second kappa shape index (κ2) is 7.72. The van der Waals surface area contributed by atoms with Gasteiger partial charge in [-0.3, -0.25) is 4.40 Å². The van der Waals surface area contributed by atoms with Gasteiger partial charge in [-0.15, -0.1) is 0 Å². The Hall–Kier alpha value is -3.36. The molecule has 8 nitrogen and oxygen atoms in total. The number of nitrogens with zero attached hydrogens (tertiary/aromatic N) is 5. The van der Waals surface area contributed by atoms with Gasteiger partial charge in [-0.05, 0) is 62.4 Å². The fourth-order valence-corrected chi connectivity index (χ4v) is 4.13. The highest BCUT2D eigenvalue weighted by molar-refractivity contribution is 5.66. The minimum atomic E-state index is -0.537. The highest BCUT2D eigenvalue weighted by Gasteiger charge is 2.35. The first-order chi connectivity index (χ1) is 15.0. The Morgan fingerprint density at radius 1 is 1.06 bits per heavy atom. The number of nitrogens with two attached hydrogens (primary N) is 2. The van der Waals surface area contributed by atoms with Crippen LogP contribution in [0.25, 0.3) is 17.0 Å². The summed E-state index contributed by atoms with van der Waals surface area (Å²) < 4.78 is 2.03. The minimum absolute atomic E-state index is 0.213. The van der Waals surface area contributed by atoms with Crippen LogP contribution in [0.2, 0.25) is 0 Å². The molecule has 5 N–H and O–H groups in total. The summed E-state index contributed by atoms with van der Waals surface area (Å²) in [6, 6.07) is 9.94. The Morgan fingerprint density at radius 3 is 2.68 bits per heavy atom. The number of aromatic nitrogens is 5. The molecule has 0 unspecified atom stereocenters. The highest BCUT2D eigenvalue weighted by Crippen LogP contribution is 2.34. The van der Waals surface area contributed by atoms with Crippen LogP contribution in [0.5, 0.6) is 0 Å². The summed E-state index contributed by atoms with van der Waals surface area (Å²) in [6.45, 7) is 2.01. The van der Waals surface area contributed by atoms with Gasteiger partial charge in [0.25, 0.3) is 0 Å². The molecule has 1 aliphatic rings. The van der Waals surface area contributed by atoms with E-state index in [0.29, 0.717) is 5.82 Å². The largest absolute Gasteiger partial charge is 0.339 e. The SMILES string of the molecule is Cc1cnc(C2(N)CCC(N)CC2)nc1-c1cnc2ccc(Nc3ccccn3)cn12. The van der Waals surface area contributed by atoms with Crippen molar-refractivity contribution in [2.24, 2.45) is 11.5 Å². The van der Waals surface area contributed by atoms with Crippen molar-refractivity contribution in [3.8, 4) is 11.4 Å². The number of hydrogen-bond donors (Lipinski definition) is 3. The minimum Gasteiger partial charge on any atom is -0.339 e. The molecule has 0 aliphatic heterocycles. The summed E-state index contributed by atoms with van der Waals surface area (Å²) in [5.74, 6) is 1.46. The van der Waals surface area contributed by atoms with E-state index in [1.54, 1.807) is 6.20 Å². The summed E-state index contributed by atoms with van der Waals surface area (Å²) in [4.78, 5) is 18.4. The maximum Gasteiger partial charge on any atom is 0.148 e. The first-order valence-corrected chi connectivity index (χ1v) is 10.6. The first-order valence-electron chi connectivity index (χ1n) is 10.6. The quantitative estimate of drug-likeness (QED) is 0.468. The summed E-state index contributed by atoms with van der Waals surface area (Å²) in [5.41, 5.74) is 16.7. The molecule has 31 heavy (non-hydrogen) atoms. The topological polar surface area (TPSA) is 120 Å². The lowest BCUT2D eigenvalue weighted by atomic mass is 9.79. The number of hydrogen-bond acceptors (Lipinski definition) is 7. The van der Waals surface area contributed by atoms with Crippen LogP contribution < -0.4 is 16.8 Å². The second-order valence-electron chi connectivity index (χ2n) is 8.35. The number of rotatable bonds is 4. The average Bonchev–Trinajstić information content (AvgIpc) is 3.20. The third-order valence-electron chi connectivity index (χ3n) is 6.03. The molecule has 0 aromatic carbocycles. The summed E-state index contributed by atoms with van der Waals surface area (Å²) >= 11 is 0. The van der Waals surface area contributed by atoms with Gasteiger partial charge in [0.1, 0.15) is 17.3 Å². The normalized spacial score (nSPS) is 21.3. The highest BCUT2D eigenvalue weighted by atomic mass is 15.1. The number of pyridine rings is 2. The zero-order valence-corrected chi connectivity index (χ0v) is 17.5. The van der Waals surface area contributed by atoms with Gasteiger partial charge in [0.2, 0.25) is 0 Å². The molecule has 0 radical (unpaired) electrons. The maximum atomic E-state index is 6.72. The molecule has 1 saturated carbocycles. The van der Waals surface area contributed by atoms with Gasteiger partial charge in [0, 0.05) is 24.6 Å². The summed E-state index contributed by atoms with van der Waals surface area (Å²) in [6.07, 6.45) is 10.8. The molecule has 158 valence electrons. The molecule has 0 saturated heterocycles. The fraction of sp³-hybridized carbons (Fsp3) is 0.304. The van der Waals surface area contributed by atoms with Crippen molar-refractivity contribution < 1.29 is 0 Å². The number of imidazole rings is 1. The lowest BCUT2D eigenvalue weighted by molar-refractivity contribution is 0.264. The monoisotopic (exact) mass is 414 g/mol. The van der Waals surface area contributed by atoms with E-state index in [2.05, 4.69) is 20.3 Å². The van der Waals surface area contributed by atoms with E-state index >= 15 is 0 Å². The van der Waals surface area contributed by atoms with Crippen molar-refractivity contribution in [3.05, 3.63) is 66.5 Å². The van der Waals surface area contributed by atoms with Gasteiger partial charge in [-0.1, -0.05) is 6.07 Å². The molecule has 4 aromatic heterocycles. The van der Waals surface area contributed by atoms with Crippen molar-refractivity contribution >= 4 is 17.2 Å². The van der Waals surface area contributed by atoms with Crippen LogP contribution in [0, 0.1) is 6.92 Å². The predicted molar refractivity (Wildman–Crippen MR) is 121 cm³/mol. The van der Waals surface area contributed by atoms with Crippen LogP contribution in [-0.4, -0.2) is 30.4 Å². The molecule has 1 fully saturated rings. The van der Waals surface area contributed by atoms with Crippen LogP contribution in [-0.2, 0) is 5.54 Å². The Bertz CT molecular complexity index is 1210. The van der Waals surface area contributed by atoms with Crippen molar-refractivity contribution in [1.29, 1.82) is 0 Å². The standard InChI is InChI=1S/C23H26N8/c1-15-12-28-22(23(25)9-7-16(24)8-10-23)30-21(15)18-13-27-20-6-5-17(14-31(18)20)29-19-4-2-3-11-26-19/h2-6,11-14,16H,7-10,24-25H2,1H3,(H,26,29). The molecule has 0 bridgehead atoms. The number of nitrogens with one attached hydrogen (secondary N) is 1. The van der Waals surface area contributed by atoms with Crippen LogP contribution in [0.15, 0.2) is 55.1 Å². The zero-order chi connectivity index (χ0) is 21.4. The molecule has 0 amide bonds. The average molecular weight is 415 g/mol. The maximum absolute atomic E-state index is 6.72. The predicted octanol–water partition coefficient (Wildman–Crippen LogP) is 3.29. The summed E-state index contributed by atoms with van der Waals surface area (Å²) in [7, 11) is 0. The Balaban J connectivity index is 1.54. The van der Waals surface area contributed by atoms with Crippen molar-refractivity contribution in [2.75, 3.05) is 5.32 Å². The van der Waals surface area contributed by atoms with Crippen LogP contribution in [0.1, 0.15) is 37.1 Å². The molecule has 0 atom stereocenters. The number of anilines is 2. The Kier molecular flexibility index (Phi) is 4.88. The van der Waals surface area contributed by atoms with Crippen molar-refractivity contribution in [3.63, 3.8) is 0 Å². The molecule has 1 aliphatic carbocycles. The fourth-order valence-electron chi connectivity index (χ4n) is 4.13.